The second kappa shape index (κ2) is 6.23. The van der Waals surface area contributed by atoms with E-state index < -0.39 is 16.2 Å². The Balaban J connectivity index is 0.000000385. The van der Waals surface area contributed by atoms with Gasteiger partial charge in [-0.25, -0.2) is 4.39 Å². The first-order chi connectivity index (χ1) is 7.27. The van der Waals surface area contributed by atoms with E-state index in [1.807, 2.05) is 0 Å². The van der Waals surface area contributed by atoms with Crippen LogP contribution in [0.2, 0.25) is 0 Å². The maximum atomic E-state index is 12.7. The zero-order valence-electron chi connectivity index (χ0n) is 8.21. The van der Waals surface area contributed by atoms with E-state index >= 15 is 0 Å². The summed E-state index contributed by atoms with van der Waals surface area (Å²) < 4.78 is 49.0. The minimum atomic E-state index is -4.67. The third kappa shape index (κ3) is 6.95. The molecule has 0 saturated carbocycles. The lowest BCUT2D eigenvalue weighted by Crippen LogP contribution is -2.06. The van der Waals surface area contributed by atoms with Crippen LogP contribution < -0.4 is 16.0 Å². The molecule has 0 heterocycles. The SMILES string of the molecule is COc1cc(NN)ccc1F.O=S(=O)(O)O. The predicted octanol–water partition coefficient (Wildman–Crippen LogP) is 0.467. The summed E-state index contributed by atoms with van der Waals surface area (Å²) in [6.07, 6.45) is 0. The van der Waals surface area contributed by atoms with Crippen LogP contribution in [0.1, 0.15) is 0 Å². The molecule has 0 saturated heterocycles. The number of hydrazine groups is 1. The molecule has 0 aliphatic heterocycles. The van der Waals surface area contributed by atoms with Crippen LogP contribution in [0.3, 0.4) is 0 Å². The van der Waals surface area contributed by atoms with Crippen LogP contribution in [-0.4, -0.2) is 24.6 Å². The van der Waals surface area contributed by atoms with Crippen LogP contribution in [0.5, 0.6) is 5.75 Å². The van der Waals surface area contributed by atoms with Gasteiger partial charge in [0, 0.05) is 6.07 Å². The van der Waals surface area contributed by atoms with Crippen LogP contribution in [0.15, 0.2) is 18.2 Å². The molecule has 0 amide bonds. The minimum absolute atomic E-state index is 0.181. The van der Waals surface area contributed by atoms with Gasteiger partial charge < -0.3 is 10.2 Å². The van der Waals surface area contributed by atoms with Crippen molar-refractivity contribution in [3.8, 4) is 5.75 Å². The maximum absolute atomic E-state index is 12.7. The minimum Gasteiger partial charge on any atom is -0.494 e. The second-order valence-corrected chi connectivity index (χ2v) is 3.34. The van der Waals surface area contributed by atoms with Gasteiger partial charge in [0.05, 0.1) is 12.8 Å². The average molecular weight is 254 g/mol. The number of hydrogen-bond acceptors (Lipinski definition) is 5. The van der Waals surface area contributed by atoms with Gasteiger partial charge in [-0.2, -0.15) is 8.42 Å². The van der Waals surface area contributed by atoms with Gasteiger partial charge in [0.15, 0.2) is 11.6 Å². The van der Waals surface area contributed by atoms with Gasteiger partial charge >= 0.3 is 10.4 Å². The highest BCUT2D eigenvalue weighted by Gasteiger charge is 2.01. The lowest BCUT2D eigenvalue weighted by molar-refractivity contribution is 0.381. The van der Waals surface area contributed by atoms with Crippen molar-refractivity contribution in [2.75, 3.05) is 12.5 Å². The zero-order valence-corrected chi connectivity index (χ0v) is 9.03. The molecule has 9 heteroatoms. The molecule has 92 valence electrons. The number of nitrogens with two attached hydrogens (primary N) is 1. The molecule has 0 aromatic heterocycles. The van der Waals surface area contributed by atoms with Crippen molar-refractivity contribution in [2.45, 2.75) is 0 Å². The van der Waals surface area contributed by atoms with Crippen LogP contribution in [0.4, 0.5) is 10.1 Å². The largest absolute Gasteiger partial charge is 0.494 e. The fraction of sp³-hybridized carbons (Fsp3) is 0.143. The maximum Gasteiger partial charge on any atom is 0.394 e. The predicted molar refractivity (Wildman–Crippen MR) is 54.9 cm³/mol. The molecule has 0 aliphatic carbocycles. The lowest BCUT2D eigenvalue weighted by Gasteiger charge is -2.03. The fourth-order valence-corrected chi connectivity index (χ4v) is 0.750. The molecule has 0 fully saturated rings. The average Bonchev–Trinajstić information content (AvgIpc) is 2.16. The first kappa shape index (κ1) is 14.6. The van der Waals surface area contributed by atoms with E-state index in [4.69, 9.17) is 28.1 Å². The molecule has 0 spiro atoms. The Morgan fingerprint density at radius 2 is 1.94 bits per heavy atom. The van der Waals surface area contributed by atoms with Crippen molar-refractivity contribution >= 4 is 16.1 Å². The van der Waals surface area contributed by atoms with E-state index in [0.717, 1.165) is 0 Å². The van der Waals surface area contributed by atoms with Gasteiger partial charge in [-0.1, -0.05) is 0 Å². The molecule has 0 unspecified atom stereocenters. The lowest BCUT2D eigenvalue weighted by atomic mass is 10.3. The number of halogens is 1. The summed E-state index contributed by atoms with van der Waals surface area (Å²) in [6, 6.07) is 4.29. The van der Waals surface area contributed by atoms with E-state index in [-0.39, 0.29) is 5.75 Å². The third-order valence-corrected chi connectivity index (χ3v) is 1.32. The molecular weight excluding hydrogens is 243 g/mol. The standard InChI is InChI=1S/C7H9FN2O.H2O4S/c1-11-7-4-5(10-9)2-3-6(7)8;1-5(2,3)4/h2-4,10H,9H2,1H3;(H2,1,2,3,4). The number of benzene rings is 1. The van der Waals surface area contributed by atoms with Crippen molar-refractivity contribution in [2.24, 2.45) is 5.84 Å². The number of nitrogen functional groups attached to an aromatic ring is 1. The van der Waals surface area contributed by atoms with Crippen molar-refractivity contribution in [1.29, 1.82) is 0 Å². The van der Waals surface area contributed by atoms with E-state index in [2.05, 4.69) is 5.43 Å². The summed E-state index contributed by atoms with van der Waals surface area (Å²) in [7, 11) is -3.27. The molecule has 0 atom stereocenters. The Bertz CT molecular complexity index is 428. The van der Waals surface area contributed by atoms with Gasteiger partial charge in [-0.15, -0.1) is 0 Å². The Hall–Kier alpha value is -1.42. The Kier molecular flexibility index (Phi) is 5.67. The first-order valence-corrected chi connectivity index (χ1v) is 5.17. The fourth-order valence-electron chi connectivity index (χ4n) is 0.750. The summed E-state index contributed by atoms with van der Waals surface area (Å²) in [5.41, 5.74) is 3.00. The van der Waals surface area contributed by atoms with Gasteiger partial charge in [0.25, 0.3) is 0 Å². The highest BCUT2D eigenvalue weighted by Crippen LogP contribution is 2.20. The molecule has 0 radical (unpaired) electrons. The van der Waals surface area contributed by atoms with Gasteiger partial charge in [0.2, 0.25) is 0 Å². The number of ether oxygens (including phenoxy) is 1. The topological polar surface area (TPSA) is 122 Å². The molecule has 7 nitrogen and oxygen atoms in total. The van der Waals surface area contributed by atoms with E-state index in [1.54, 1.807) is 0 Å². The first-order valence-electron chi connectivity index (χ1n) is 3.78. The number of nitrogens with one attached hydrogen (secondary N) is 1. The summed E-state index contributed by atoms with van der Waals surface area (Å²) >= 11 is 0. The highest BCUT2D eigenvalue weighted by molar-refractivity contribution is 7.79. The molecule has 16 heavy (non-hydrogen) atoms. The zero-order chi connectivity index (χ0) is 12.8. The Morgan fingerprint density at radius 1 is 1.44 bits per heavy atom. The normalized spacial score (nSPS) is 10.1. The quantitative estimate of drug-likeness (QED) is 0.343. The van der Waals surface area contributed by atoms with Crippen LogP contribution in [-0.2, 0) is 10.4 Å². The molecule has 1 aromatic carbocycles. The van der Waals surface area contributed by atoms with E-state index in [0.29, 0.717) is 5.69 Å². The Morgan fingerprint density at radius 3 is 2.31 bits per heavy atom. The van der Waals surface area contributed by atoms with E-state index in [1.165, 1.54) is 25.3 Å². The van der Waals surface area contributed by atoms with E-state index in [9.17, 15) is 4.39 Å². The summed E-state index contributed by atoms with van der Waals surface area (Å²) in [4.78, 5) is 0. The smallest absolute Gasteiger partial charge is 0.394 e. The molecular formula is C7H11FN2O5S. The molecule has 1 rings (SSSR count). The third-order valence-electron chi connectivity index (χ3n) is 1.32. The summed E-state index contributed by atoms with van der Waals surface area (Å²) in [6.45, 7) is 0. The molecule has 1 aromatic rings. The Labute approximate surface area is 91.6 Å². The summed E-state index contributed by atoms with van der Waals surface area (Å²) in [5, 5.41) is 0. The number of rotatable bonds is 2. The summed E-state index contributed by atoms with van der Waals surface area (Å²) in [5.74, 6) is 4.88. The van der Waals surface area contributed by atoms with Crippen molar-refractivity contribution in [1.82, 2.24) is 0 Å². The molecule has 0 aliphatic rings. The van der Waals surface area contributed by atoms with Crippen molar-refractivity contribution in [3.05, 3.63) is 24.0 Å². The molecule has 5 N–H and O–H groups in total. The highest BCUT2D eigenvalue weighted by atomic mass is 32.3. The van der Waals surface area contributed by atoms with Gasteiger partial charge in [-0.3, -0.25) is 14.9 Å². The van der Waals surface area contributed by atoms with Crippen LogP contribution in [0, 0.1) is 5.82 Å². The van der Waals surface area contributed by atoms with Gasteiger partial charge in [-0.05, 0) is 12.1 Å². The second-order valence-electron chi connectivity index (χ2n) is 2.44. The number of hydrogen-bond donors (Lipinski definition) is 4. The monoisotopic (exact) mass is 254 g/mol. The van der Waals surface area contributed by atoms with Gasteiger partial charge in [0.1, 0.15) is 0 Å². The number of anilines is 1. The van der Waals surface area contributed by atoms with Crippen molar-refractivity contribution in [3.63, 3.8) is 0 Å². The van der Waals surface area contributed by atoms with Crippen LogP contribution >= 0.6 is 0 Å². The van der Waals surface area contributed by atoms with Crippen LogP contribution in [0.25, 0.3) is 0 Å². The number of methoxy groups -OCH3 is 1. The van der Waals surface area contributed by atoms with Crippen molar-refractivity contribution < 1.29 is 26.7 Å². The molecule has 0 bridgehead atoms.